The Morgan fingerprint density at radius 3 is 3.05 bits per heavy atom. The van der Waals surface area contributed by atoms with Crippen LogP contribution in [0.15, 0.2) is 23.5 Å². The second-order valence-corrected chi connectivity index (χ2v) is 5.45. The summed E-state index contributed by atoms with van der Waals surface area (Å²) in [6, 6.07) is 4.54. The third-order valence-electron chi connectivity index (χ3n) is 4.46. The third-order valence-corrected chi connectivity index (χ3v) is 4.46. The lowest BCUT2D eigenvalue weighted by atomic mass is 9.85. The van der Waals surface area contributed by atoms with Crippen molar-refractivity contribution in [1.82, 2.24) is 4.98 Å². The maximum absolute atomic E-state index is 8.89. The van der Waals surface area contributed by atoms with Crippen LogP contribution in [0, 0.1) is 5.92 Å². The van der Waals surface area contributed by atoms with Crippen LogP contribution in [-0.2, 0) is 0 Å². The Balaban J connectivity index is 1.94. The summed E-state index contributed by atoms with van der Waals surface area (Å²) >= 11 is 0. The first-order valence-corrected chi connectivity index (χ1v) is 7.01. The largest absolute Gasteiger partial charge is 0.409 e. The van der Waals surface area contributed by atoms with Crippen LogP contribution in [0.2, 0.25) is 0 Å². The lowest BCUT2D eigenvalue weighted by Crippen LogP contribution is -2.36. The van der Waals surface area contributed by atoms with Crippen LogP contribution >= 0.6 is 0 Å². The predicted molar refractivity (Wildman–Crippen MR) is 74.5 cm³/mol. The lowest BCUT2D eigenvalue weighted by molar-refractivity contribution is 0.318. The van der Waals surface area contributed by atoms with Gasteiger partial charge in [0.1, 0.15) is 5.69 Å². The summed E-state index contributed by atoms with van der Waals surface area (Å²) in [5, 5.41) is 12.0. The molecule has 1 aliphatic heterocycles. The van der Waals surface area contributed by atoms with Gasteiger partial charge in [0.2, 0.25) is 0 Å². The zero-order valence-corrected chi connectivity index (χ0v) is 11.0. The quantitative estimate of drug-likeness (QED) is 0.369. The molecule has 2 heterocycles. The van der Waals surface area contributed by atoms with Crippen molar-refractivity contribution in [2.75, 3.05) is 11.4 Å². The van der Waals surface area contributed by atoms with E-state index in [1.165, 1.54) is 32.1 Å². The van der Waals surface area contributed by atoms with E-state index in [-0.39, 0.29) is 5.84 Å². The predicted octanol–water partition coefficient (Wildman–Crippen LogP) is 1.94. The fraction of sp³-hybridized carbons (Fsp3) is 0.571. The van der Waals surface area contributed by atoms with E-state index in [2.05, 4.69) is 15.0 Å². The number of nitrogens with two attached hydrogens (primary N) is 1. The Labute approximate surface area is 113 Å². The molecule has 5 heteroatoms. The van der Waals surface area contributed by atoms with E-state index in [4.69, 9.17) is 10.9 Å². The number of hydrogen-bond acceptors (Lipinski definition) is 4. The maximum atomic E-state index is 8.89. The van der Waals surface area contributed by atoms with Crippen molar-refractivity contribution in [2.24, 2.45) is 16.8 Å². The van der Waals surface area contributed by atoms with E-state index >= 15 is 0 Å². The molecule has 3 rings (SSSR count). The van der Waals surface area contributed by atoms with Gasteiger partial charge in [0.25, 0.3) is 0 Å². The molecule has 1 saturated carbocycles. The highest BCUT2D eigenvalue weighted by molar-refractivity contribution is 6.00. The van der Waals surface area contributed by atoms with Crippen molar-refractivity contribution in [2.45, 2.75) is 38.1 Å². The van der Waals surface area contributed by atoms with Gasteiger partial charge in [-0.05, 0) is 37.3 Å². The van der Waals surface area contributed by atoms with Gasteiger partial charge in [0.15, 0.2) is 5.84 Å². The van der Waals surface area contributed by atoms with Gasteiger partial charge in [-0.25, -0.2) is 0 Å². The minimum absolute atomic E-state index is 0.0925. The van der Waals surface area contributed by atoms with E-state index in [0.29, 0.717) is 11.7 Å². The van der Waals surface area contributed by atoms with Crippen LogP contribution in [-0.4, -0.2) is 28.6 Å². The van der Waals surface area contributed by atoms with Crippen molar-refractivity contribution in [1.29, 1.82) is 0 Å². The number of aromatic nitrogens is 1. The monoisotopic (exact) mass is 260 g/mol. The zero-order chi connectivity index (χ0) is 13.2. The molecule has 0 spiro atoms. The highest BCUT2D eigenvalue weighted by Gasteiger charge is 2.36. The topological polar surface area (TPSA) is 74.7 Å². The molecule has 0 radical (unpaired) electrons. The van der Waals surface area contributed by atoms with Gasteiger partial charge >= 0.3 is 0 Å². The highest BCUT2D eigenvalue weighted by atomic mass is 16.4. The molecule has 2 aliphatic rings. The Kier molecular flexibility index (Phi) is 3.27. The second-order valence-electron chi connectivity index (χ2n) is 5.45. The van der Waals surface area contributed by atoms with E-state index in [1.54, 1.807) is 6.20 Å². The fourth-order valence-electron chi connectivity index (χ4n) is 3.58. The van der Waals surface area contributed by atoms with Crippen LogP contribution in [0.5, 0.6) is 0 Å². The Bertz CT molecular complexity index is 488. The Morgan fingerprint density at radius 2 is 2.21 bits per heavy atom. The molecular formula is C14H20N4O. The maximum Gasteiger partial charge on any atom is 0.190 e. The molecule has 5 nitrogen and oxygen atoms in total. The van der Waals surface area contributed by atoms with Crippen molar-refractivity contribution in [3.63, 3.8) is 0 Å². The third kappa shape index (κ3) is 2.13. The number of pyridine rings is 1. The molecule has 1 saturated heterocycles. The standard InChI is InChI=1S/C14H20N4O/c15-14(17-19)13-12(6-3-8-16-13)18-9-7-10-4-1-2-5-11(10)18/h3,6,8,10-11,19H,1-2,4-5,7,9H2,(H2,15,17). The number of fused-ring (bicyclic) bond motifs is 1. The zero-order valence-electron chi connectivity index (χ0n) is 11.0. The van der Waals surface area contributed by atoms with Crippen molar-refractivity contribution < 1.29 is 5.21 Å². The SMILES string of the molecule is N/C(=N/O)c1ncccc1N1CCC2CCCCC21. The molecular weight excluding hydrogens is 240 g/mol. The summed E-state index contributed by atoms with van der Waals surface area (Å²) < 4.78 is 0. The lowest BCUT2D eigenvalue weighted by Gasteiger charge is -2.33. The number of anilines is 1. The van der Waals surface area contributed by atoms with Crippen LogP contribution in [0.25, 0.3) is 0 Å². The first kappa shape index (κ1) is 12.3. The van der Waals surface area contributed by atoms with Gasteiger partial charge in [0, 0.05) is 18.8 Å². The highest BCUT2D eigenvalue weighted by Crippen LogP contribution is 2.39. The first-order chi connectivity index (χ1) is 9.31. The molecule has 1 aliphatic carbocycles. The molecule has 0 bridgehead atoms. The number of amidine groups is 1. The summed E-state index contributed by atoms with van der Waals surface area (Å²) in [5.74, 6) is 0.893. The molecule has 1 aromatic rings. The summed E-state index contributed by atoms with van der Waals surface area (Å²) in [4.78, 5) is 6.68. The second kappa shape index (κ2) is 5.07. The van der Waals surface area contributed by atoms with Crippen molar-refractivity contribution in [3.8, 4) is 0 Å². The number of nitrogens with zero attached hydrogens (tertiary/aromatic N) is 3. The normalized spacial score (nSPS) is 27.4. The van der Waals surface area contributed by atoms with Gasteiger partial charge in [-0.2, -0.15) is 0 Å². The van der Waals surface area contributed by atoms with Crippen LogP contribution in [0.1, 0.15) is 37.8 Å². The average molecular weight is 260 g/mol. The summed E-state index contributed by atoms with van der Waals surface area (Å²) in [6.45, 7) is 1.05. The summed E-state index contributed by atoms with van der Waals surface area (Å²) in [6.07, 6.45) is 8.17. The molecule has 1 aromatic heterocycles. The van der Waals surface area contributed by atoms with Crippen LogP contribution in [0.4, 0.5) is 5.69 Å². The minimum atomic E-state index is 0.0925. The molecule has 2 atom stereocenters. The van der Waals surface area contributed by atoms with Gasteiger partial charge in [-0.3, -0.25) is 4.98 Å². The number of hydrogen-bond donors (Lipinski definition) is 2. The van der Waals surface area contributed by atoms with E-state index in [1.807, 2.05) is 12.1 Å². The summed E-state index contributed by atoms with van der Waals surface area (Å²) in [7, 11) is 0. The van der Waals surface area contributed by atoms with Crippen molar-refractivity contribution >= 4 is 11.5 Å². The van der Waals surface area contributed by atoms with E-state index in [0.717, 1.165) is 18.2 Å². The van der Waals surface area contributed by atoms with Crippen LogP contribution in [0.3, 0.4) is 0 Å². The number of oxime groups is 1. The number of rotatable bonds is 2. The molecule has 2 fully saturated rings. The average Bonchev–Trinajstić information content (AvgIpc) is 2.90. The molecule has 2 unspecified atom stereocenters. The van der Waals surface area contributed by atoms with Gasteiger partial charge in [-0.1, -0.05) is 18.0 Å². The Morgan fingerprint density at radius 1 is 1.37 bits per heavy atom. The van der Waals surface area contributed by atoms with Gasteiger partial charge < -0.3 is 15.8 Å². The van der Waals surface area contributed by atoms with Gasteiger partial charge in [-0.15, -0.1) is 0 Å². The minimum Gasteiger partial charge on any atom is -0.409 e. The fourth-order valence-corrected chi connectivity index (χ4v) is 3.58. The van der Waals surface area contributed by atoms with Gasteiger partial charge in [0.05, 0.1) is 5.69 Å². The molecule has 102 valence electrons. The smallest absolute Gasteiger partial charge is 0.190 e. The molecule has 0 amide bonds. The van der Waals surface area contributed by atoms with Crippen LogP contribution < -0.4 is 10.6 Å². The Hall–Kier alpha value is -1.78. The summed E-state index contributed by atoms with van der Waals surface area (Å²) in [5.41, 5.74) is 7.34. The first-order valence-electron chi connectivity index (χ1n) is 7.01. The molecule has 19 heavy (non-hydrogen) atoms. The van der Waals surface area contributed by atoms with Crippen molar-refractivity contribution in [3.05, 3.63) is 24.0 Å². The van der Waals surface area contributed by atoms with E-state index < -0.39 is 0 Å². The molecule has 0 aromatic carbocycles. The molecule has 3 N–H and O–H groups in total. The van der Waals surface area contributed by atoms with E-state index in [9.17, 15) is 0 Å².